The molecule has 1 rings (SSSR count). The van der Waals surface area contributed by atoms with Crippen LogP contribution in [0.5, 0.6) is 0 Å². The molecule has 1 heterocycles. The van der Waals surface area contributed by atoms with Gasteiger partial charge in [-0.2, -0.15) is 0 Å². The Morgan fingerprint density at radius 2 is 2.05 bits per heavy atom. The van der Waals surface area contributed by atoms with Crippen molar-refractivity contribution in [2.24, 2.45) is 13.0 Å². The van der Waals surface area contributed by atoms with Crippen LogP contribution in [0.25, 0.3) is 0 Å². The predicted octanol–water partition coefficient (Wildman–Crippen LogP) is 1.68. The van der Waals surface area contributed by atoms with E-state index >= 15 is 0 Å². The highest BCUT2D eigenvalue weighted by molar-refractivity contribution is 9.10. The second-order valence-electron chi connectivity index (χ2n) is 4.86. The molecule has 5 nitrogen and oxygen atoms in total. The minimum Gasteiger partial charge on any atom is -0.356 e. The van der Waals surface area contributed by atoms with Crippen molar-refractivity contribution in [1.82, 2.24) is 15.2 Å². The van der Waals surface area contributed by atoms with E-state index in [2.05, 4.69) is 26.6 Å². The topological polar surface area (TPSA) is 63.1 Å². The molecule has 19 heavy (non-hydrogen) atoms. The van der Waals surface area contributed by atoms with Crippen LogP contribution < -0.4 is 10.6 Å². The molecule has 0 atom stereocenters. The number of carbonyl (C=O) groups excluding carboxylic acids is 2. The Labute approximate surface area is 121 Å². The molecule has 6 heteroatoms. The van der Waals surface area contributed by atoms with Crippen LogP contribution in [0.2, 0.25) is 0 Å². The molecule has 1 aromatic rings. The SMILES string of the molecule is CC(C)CNC(=O)CCNC(=O)c1cc(Br)cn1C. The lowest BCUT2D eigenvalue weighted by Gasteiger charge is -2.08. The number of nitrogens with one attached hydrogen (secondary N) is 2. The Bertz CT molecular complexity index is 455. The second kappa shape index (κ2) is 7.33. The highest BCUT2D eigenvalue weighted by Crippen LogP contribution is 2.13. The van der Waals surface area contributed by atoms with Gasteiger partial charge in [0.1, 0.15) is 5.69 Å². The number of aryl methyl sites for hydroxylation is 1. The third kappa shape index (κ3) is 5.46. The van der Waals surface area contributed by atoms with Crippen LogP contribution in [0.4, 0.5) is 0 Å². The number of carbonyl (C=O) groups is 2. The largest absolute Gasteiger partial charge is 0.356 e. The molecule has 0 aliphatic carbocycles. The first-order valence-corrected chi connectivity index (χ1v) is 7.06. The quantitative estimate of drug-likeness (QED) is 0.834. The van der Waals surface area contributed by atoms with Crippen LogP contribution >= 0.6 is 15.9 Å². The maximum Gasteiger partial charge on any atom is 0.267 e. The summed E-state index contributed by atoms with van der Waals surface area (Å²) in [6.07, 6.45) is 2.11. The lowest BCUT2D eigenvalue weighted by molar-refractivity contribution is -0.121. The number of nitrogens with zero attached hydrogens (tertiary/aromatic N) is 1. The minimum atomic E-state index is -0.176. The summed E-state index contributed by atoms with van der Waals surface area (Å²) < 4.78 is 2.59. The summed E-state index contributed by atoms with van der Waals surface area (Å²) in [6, 6.07) is 1.74. The normalized spacial score (nSPS) is 10.6. The van der Waals surface area contributed by atoms with E-state index < -0.39 is 0 Å². The number of aromatic nitrogens is 1. The highest BCUT2D eigenvalue weighted by atomic mass is 79.9. The summed E-state index contributed by atoms with van der Waals surface area (Å²) in [5, 5.41) is 5.54. The maximum absolute atomic E-state index is 11.8. The van der Waals surface area contributed by atoms with E-state index in [1.165, 1.54) is 0 Å². The molecular weight excluding hydrogens is 310 g/mol. The molecule has 2 amide bonds. The summed E-state index contributed by atoms with van der Waals surface area (Å²) in [6.45, 7) is 5.08. The number of rotatable bonds is 6. The van der Waals surface area contributed by atoms with Gasteiger partial charge < -0.3 is 15.2 Å². The van der Waals surface area contributed by atoms with Crippen molar-refractivity contribution < 1.29 is 9.59 Å². The van der Waals surface area contributed by atoms with Crippen molar-refractivity contribution in [2.45, 2.75) is 20.3 Å². The average Bonchev–Trinajstić information content (AvgIpc) is 2.65. The fraction of sp³-hybridized carbons (Fsp3) is 0.538. The van der Waals surface area contributed by atoms with E-state index in [1.54, 1.807) is 17.7 Å². The van der Waals surface area contributed by atoms with E-state index in [4.69, 9.17) is 0 Å². The van der Waals surface area contributed by atoms with Crippen LogP contribution in [-0.2, 0) is 11.8 Å². The van der Waals surface area contributed by atoms with Crippen molar-refractivity contribution in [1.29, 1.82) is 0 Å². The lowest BCUT2D eigenvalue weighted by Crippen LogP contribution is -2.32. The zero-order chi connectivity index (χ0) is 14.4. The molecule has 0 saturated carbocycles. The molecular formula is C13H20BrN3O2. The van der Waals surface area contributed by atoms with E-state index in [1.807, 2.05) is 20.0 Å². The molecule has 0 bridgehead atoms. The van der Waals surface area contributed by atoms with Crippen molar-refractivity contribution in [3.8, 4) is 0 Å². The molecule has 0 aromatic carbocycles. The van der Waals surface area contributed by atoms with Gasteiger partial charge in [-0.05, 0) is 27.9 Å². The Balaban J connectivity index is 2.31. The van der Waals surface area contributed by atoms with Crippen LogP contribution in [-0.4, -0.2) is 29.5 Å². The van der Waals surface area contributed by atoms with Gasteiger partial charge in [-0.1, -0.05) is 13.8 Å². The minimum absolute atomic E-state index is 0.0398. The van der Waals surface area contributed by atoms with Gasteiger partial charge in [0, 0.05) is 37.2 Å². The molecule has 0 fully saturated rings. The standard InChI is InChI=1S/C13H20BrN3O2/c1-9(2)7-16-12(18)4-5-15-13(19)11-6-10(14)8-17(11)3/h6,8-9H,4-5,7H2,1-3H3,(H,15,19)(H,16,18). The molecule has 0 radical (unpaired) electrons. The van der Waals surface area contributed by atoms with Gasteiger partial charge in [0.15, 0.2) is 0 Å². The van der Waals surface area contributed by atoms with Crippen molar-refractivity contribution >= 4 is 27.7 Å². The Morgan fingerprint density at radius 1 is 1.37 bits per heavy atom. The van der Waals surface area contributed by atoms with Crippen LogP contribution in [0.1, 0.15) is 30.8 Å². The number of amides is 2. The first-order valence-electron chi connectivity index (χ1n) is 6.27. The Kier molecular flexibility index (Phi) is 6.08. The zero-order valence-corrected chi connectivity index (χ0v) is 13.1. The van der Waals surface area contributed by atoms with Gasteiger partial charge >= 0.3 is 0 Å². The van der Waals surface area contributed by atoms with E-state index in [9.17, 15) is 9.59 Å². The highest BCUT2D eigenvalue weighted by Gasteiger charge is 2.11. The second-order valence-corrected chi connectivity index (χ2v) is 5.77. The van der Waals surface area contributed by atoms with Crippen molar-refractivity contribution in [2.75, 3.05) is 13.1 Å². The summed E-state index contributed by atoms with van der Waals surface area (Å²) in [5.41, 5.74) is 0.564. The monoisotopic (exact) mass is 329 g/mol. The van der Waals surface area contributed by atoms with Gasteiger partial charge in [0.2, 0.25) is 5.91 Å². The van der Waals surface area contributed by atoms with Crippen LogP contribution in [0.3, 0.4) is 0 Å². The van der Waals surface area contributed by atoms with Crippen LogP contribution in [0, 0.1) is 5.92 Å². The number of hydrogen-bond donors (Lipinski definition) is 2. The van der Waals surface area contributed by atoms with E-state index in [0.29, 0.717) is 31.1 Å². The van der Waals surface area contributed by atoms with Crippen molar-refractivity contribution in [3.05, 3.63) is 22.4 Å². The van der Waals surface area contributed by atoms with E-state index in [0.717, 1.165) is 4.47 Å². The summed E-state index contributed by atoms with van der Waals surface area (Å²) in [7, 11) is 1.80. The molecule has 0 saturated heterocycles. The maximum atomic E-state index is 11.8. The fourth-order valence-electron chi connectivity index (χ4n) is 1.54. The third-order valence-corrected chi connectivity index (χ3v) is 2.98. The molecule has 0 aliphatic heterocycles. The predicted molar refractivity (Wildman–Crippen MR) is 77.9 cm³/mol. The molecule has 106 valence electrons. The van der Waals surface area contributed by atoms with Gasteiger partial charge in [-0.25, -0.2) is 0 Å². The van der Waals surface area contributed by atoms with Crippen LogP contribution in [0.15, 0.2) is 16.7 Å². The average molecular weight is 330 g/mol. The van der Waals surface area contributed by atoms with Gasteiger partial charge in [0.05, 0.1) is 0 Å². The van der Waals surface area contributed by atoms with Crippen molar-refractivity contribution in [3.63, 3.8) is 0 Å². The number of halogens is 1. The summed E-state index contributed by atoms with van der Waals surface area (Å²) in [5.74, 6) is 0.214. The van der Waals surface area contributed by atoms with E-state index in [-0.39, 0.29) is 11.8 Å². The first kappa shape index (κ1) is 15.8. The Morgan fingerprint density at radius 3 is 2.58 bits per heavy atom. The molecule has 1 aromatic heterocycles. The van der Waals surface area contributed by atoms with Gasteiger partial charge in [-0.3, -0.25) is 9.59 Å². The zero-order valence-electron chi connectivity index (χ0n) is 11.5. The summed E-state index contributed by atoms with van der Waals surface area (Å²) >= 11 is 3.31. The lowest BCUT2D eigenvalue weighted by atomic mass is 10.2. The molecule has 2 N–H and O–H groups in total. The molecule has 0 unspecified atom stereocenters. The molecule has 0 aliphatic rings. The Hall–Kier alpha value is -1.30. The fourth-order valence-corrected chi connectivity index (χ4v) is 2.06. The van der Waals surface area contributed by atoms with Gasteiger partial charge in [0.25, 0.3) is 5.91 Å². The summed E-state index contributed by atoms with van der Waals surface area (Å²) in [4.78, 5) is 23.3. The smallest absolute Gasteiger partial charge is 0.267 e. The van der Waals surface area contributed by atoms with Gasteiger partial charge in [-0.15, -0.1) is 0 Å². The molecule has 0 spiro atoms. The number of hydrogen-bond acceptors (Lipinski definition) is 2. The first-order chi connectivity index (χ1) is 8.90. The third-order valence-electron chi connectivity index (χ3n) is 2.55.